The summed E-state index contributed by atoms with van der Waals surface area (Å²) in [6, 6.07) is 6.32. The number of rotatable bonds is 8. The Morgan fingerprint density at radius 1 is 1.13 bits per heavy atom. The van der Waals surface area contributed by atoms with Gasteiger partial charge in [0.15, 0.2) is 23.3 Å². The molecule has 3 rings (SSSR count). The SMILES string of the molecule is CCNC(=NCc1nncn1C)NCC1(c2ccc(OC)c(OC)c2)CCCCC1. The molecular weight excluding hydrogens is 380 g/mol. The number of hydrogen-bond acceptors (Lipinski definition) is 5. The Morgan fingerprint density at radius 3 is 2.53 bits per heavy atom. The molecule has 8 nitrogen and oxygen atoms in total. The van der Waals surface area contributed by atoms with Gasteiger partial charge in [0, 0.05) is 25.6 Å². The average molecular weight is 415 g/mol. The highest BCUT2D eigenvalue weighted by molar-refractivity contribution is 5.79. The number of nitrogens with one attached hydrogen (secondary N) is 2. The summed E-state index contributed by atoms with van der Waals surface area (Å²) in [7, 11) is 5.29. The lowest BCUT2D eigenvalue weighted by Crippen LogP contribution is -2.46. The van der Waals surface area contributed by atoms with Gasteiger partial charge >= 0.3 is 0 Å². The maximum Gasteiger partial charge on any atom is 0.191 e. The van der Waals surface area contributed by atoms with Crippen molar-refractivity contribution < 1.29 is 9.47 Å². The molecule has 164 valence electrons. The van der Waals surface area contributed by atoms with E-state index in [-0.39, 0.29) is 5.41 Å². The second-order valence-corrected chi connectivity index (χ2v) is 7.82. The van der Waals surface area contributed by atoms with Gasteiger partial charge in [-0.25, -0.2) is 4.99 Å². The first-order chi connectivity index (χ1) is 14.6. The third kappa shape index (κ3) is 5.04. The molecule has 0 radical (unpaired) electrons. The van der Waals surface area contributed by atoms with E-state index < -0.39 is 0 Å². The quantitative estimate of drug-likeness (QED) is 0.510. The number of benzene rings is 1. The summed E-state index contributed by atoms with van der Waals surface area (Å²) in [6.45, 7) is 4.17. The minimum atomic E-state index is 0.0404. The third-order valence-electron chi connectivity index (χ3n) is 5.93. The molecule has 1 aromatic carbocycles. The Hall–Kier alpha value is -2.77. The molecule has 8 heteroatoms. The van der Waals surface area contributed by atoms with Crippen LogP contribution in [0.25, 0.3) is 0 Å². The van der Waals surface area contributed by atoms with Gasteiger partial charge in [-0.2, -0.15) is 0 Å². The molecule has 1 aliphatic carbocycles. The standard InChI is InChI=1S/C22H34N6O2/c1-5-23-21(24-14-20-27-26-16-28(20)2)25-15-22(11-7-6-8-12-22)17-9-10-18(29-3)19(13-17)30-4/h9-10,13,16H,5-8,11-12,14-15H2,1-4H3,(H2,23,24,25). The maximum atomic E-state index is 5.57. The van der Waals surface area contributed by atoms with E-state index in [1.54, 1.807) is 20.5 Å². The molecule has 0 saturated heterocycles. The molecule has 0 amide bonds. The van der Waals surface area contributed by atoms with Crippen LogP contribution in [0.5, 0.6) is 11.5 Å². The fraction of sp³-hybridized carbons (Fsp3) is 0.591. The predicted molar refractivity (Wildman–Crippen MR) is 118 cm³/mol. The molecule has 30 heavy (non-hydrogen) atoms. The summed E-state index contributed by atoms with van der Waals surface area (Å²) in [4.78, 5) is 4.71. The first-order valence-corrected chi connectivity index (χ1v) is 10.7. The van der Waals surface area contributed by atoms with E-state index in [0.717, 1.165) is 49.2 Å². The number of hydrogen-bond donors (Lipinski definition) is 2. The number of aliphatic imine (C=N–C) groups is 1. The second kappa shape index (κ2) is 10.3. The Kier molecular flexibility index (Phi) is 7.54. The van der Waals surface area contributed by atoms with Crippen molar-refractivity contribution in [2.75, 3.05) is 27.3 Å². The van der Waals surface area contributed by atoms with Crippen molar-refractivity contribution in [1.29, 1.82) is 0 Å². The number of aryl methyl sites for hydroxylation is 1. The monoisotopic (exact) mass is 414 g/mol. The van der Waals surface area contributed by atoms with Gasteiger partial charge in [0.05, 0.1) is 14.2 Å². The molecule has 1 heterocycles. The molecule has 0 bridgehead atoms. The van der Waals surface area contributed by atoms with E-state index in [1.807, 2.05) is 17.7 Å². The van der Waals surface area contributed by atoms with Gasteiger partial charge in [-0.15, -0.1) is 10.2 Å². The van der Waals surface area contributed by atoms with Crippen molar-refractivity contribution in [2.24, 2.45) is 12.0 Å². The molecule has 0 unspecified atom stereocenters. The summed E-state index contributed by atoms with van der Waals surface area (Å²) < 4.78 is 12.9. The molecule has 1 aromatic heterocycles. The number of ether oxygens (including phenoxy) is 2. The molecule has 1 saturated carbocycles. The van der Waals surface area contributed by atoms with E-state index in [1.165, 1.54) is 24.8 Å². The van der Waals surface area contributed by atoms with Gasteiger partial charge in [-0.05, 0) is 37.5 Å². The van der Waals surface area contributed by atoms with Crippen LogP contribution in [0.3, 0.4) is 0 Å². The predicted octanol–water partition coefficient (Wildman–Crippen LogP) is 2.79. The highest BCUT2D eigenvalue weighted by atomic mass is 16.5. The van der Waals surface area contributed by atoms with Crippen molar-refractivity contribution in [3.8, 4) is 11.5 Å². The first-order valence-electron chi connectivity index (χ1n) is 10.7. The number of aromatic nitrogens is 3. The van der Waals surface area contributed by atoms with Crippen molar-refractivity contribution in [3.63, 3.8) is 0 Å². The molecule has 0 aliphatic heterocycles. The van der Waals surface area contributed by atoms with Crippen molar-refractivity contribution in [2.45, 2.75) is 51.0 Å². The molecular formula is C22H34N6O2. The van der Waals surface area contributed by atoms with Gasteiger partial charge in [-0.1, -0.05) is 25.3 Å². The van der Waals surface area contributed by atoms with E-state index >= 15 is 0 Å². The Labute approximate surface area is 179 Å². The first kappa shape index (κ1) is 21.9. The number of methoxy groups -OCH3 is 2. The van der Waals surface area contributed by atoms with Crippen LogP contribution in [0.1, 0.15) is 50.4 Å². The molecule has 2 N–H and O–H groups in total. The smallest absolute Gasteiger partial charge is 0.191 e. The number of nitrogens with zero attached hydrogens (tertiary/aromatic N) is 4. The Balaban J connectivity index is 1.80. The second-order valence-electron chi connectivity index (χ2n) is 7.82. The van der Waals surface area contributed by atoms with E-state index in [4.69, 9.17) is 14.5 Å². The average Bonchev–Trinajstić information content (AvgIpc) is 3.20. The number of guanidine groups is 1. The lowest BCUT2D eigenvalue weighted by Gasteiger charge is -2.38. The molecule has 0 spiro atoms. The van der Waals surface area contributed by atoms with Crippen LogP contribution in [0.2, 0.25) is 0 Å². The summed E-state index contributed by atoms with van der Waals surface area (Å²) in [5.41, 5.74) is 1.33. The summed E-state index contributed by atoms with van der Waals surface area (Å²) in [5, 5.41) is 15.0. The van der Waals surface area contributed by atoms with Gasteiger partial charge in [0.25, 0.3) is 0 Å². The van der Waals surface area contributed by atoms with Crippen LogP contribution in [0.4, 0.5) is 0 Å². The minimum Gasteiger partial charge on any atom is -0.493 e. The van der Waals surface area contributed by atoms with Gasteiger partial charge < -0.3 is 24.7 Å². The van der Waals surface area contributed by atoms with Crippen molar-refractivity contribution in [3.05, 3.63) is 35.9 Å². The zero-order valence-electron chi connectivity index (χ0n) is 18.6. The lowest BCUT2D eigenvalue weighted by atomic mass is 9.69. The lowest BCUT2D eigenvalue weighted by molar-refractivity contribution is 0.288. The zero-order chi connectivity index (χ0) is 21.4. The van der Waals surface area contributed by atoms with Crippen LogP contribution in [0.15, 0.2) is 29.5 Å². The topological polar surface area (TPSA) is 85.6 Å². The third-order valence-corrected chi connectivity index (χ3v) is 5.93. The summed E-state index contributed by atoms with van der Waals surface area (Å²) in [6.07, 6.45) is 7.70. The fourth-order valence-electron chi connectivity index (χ4n) is 4.16. The summed E-state index contributed by atoms with van der Waals surface area (Å²) >= 11 is 0. The van der Waals surface area contributed by atoms with Gasteiger partial charge in [0.1, 0.15) is 12.9 Å². The van der Waals surface area contributed by atoms with Crippen LogP contribution >= 0.6 is 0 Å². The van der Waals surface area contributed by atoms with E-state index in [2.05, 4.69) is 39.9 Å². The Morgan fingerprint density at radius 2 is 1.90 bits per heavy atom. The van der Waals surface area contributed by atoms with Crippen LogP contribution < -0.4 is 20.1 Å². The minimum absolute atomic E-state index is 0.0404. The normalized spacial score (nSPS) is 16.2. The van der Waals surface area contributed by atoms with Crippen molar-refractivity contribution in [1.82, 2.24) is 25.4 Å². The van der Waals surface area contributed by atoms with E-state index in [0.29, 0.717) is 6.54 Å². The molecule has 0 atom stereocenters. The van der Waals surface area contributed by atoms with Gasteiger partial charge in [-0.3, -0.25) is 0 Å². The van der Waals surface area contributed by atoms with Gasteiger partial charge in [0.2, 0.25) is 0 Å². The molecule has 1 aliphatic rings. The van der Waals surface area contributed by atoms with E-state index in [9.17, 15) is 0 Å². The zero-order valence-corrected chi connectivity index (χ0v) is 18.6. The largest absolute Gasteiger partial charge is 0.493 e. The molecule has 2 aromatic rings. The summed E-state index contributed by atoms with van der Waals surface area (Å²) in [5.74, 6) is 3.17. The van der Waals surface area contributed by atoms with Crippen LogP contribution in [-0.2, 0) is 19.0 Å². The highest BCUT2D eigenvalue weighted by Crippen LogP contribution is 2.42. The fourth-order valence-corrected chi connectivity index (χ4v) is 4.16. The Bertz CT molecular complexity index is 842. The van der Waals surface area contributed by atoms with Crippen LogP contribution in [0, 0.1) is 0 Å². The highest BCUT2D eigenvalue weighted by Gasteiger charge is 2.34. The maximum absolute atomic E-state index is 5.57. The van der Waals surface area contributed by atoms with Crippen LogP contribution in [-0.4, -0.2) is 48.0 Å². The van der Waals surface area contributed by atoms with Crippen molar-refractivity contribution >= 4 is 5.96 Å². The molecule has 1 fully saturated rings.